The number of hydrogen-bond acceptors (Lipinski definition) is 4. The van der Waals surface area contributed by atoms with Gasteiger partial charge in [0, 0.05) is 24.9 Å². The molecule has 94 valence electrons. The molecule has 0 spiro atoms. The first-order valence-corrected chi connectivity index (χ1v) is 5.91. The summed E-state index contributed by atoms with van der Waals surface area (Å²) in [6.45, 7) is 0. The van der Waals surface area contributed by atoms with E-state index in [0.717, 1.165) is 16.8 Å². The van der Waals surface area contributed by atoms with Gasteiger partial charge < -0.3 is 5.73 Å². The molecule has 3 rings (SSSR count). The van der Waals surface area contributed by atoms with Gasteiger partial charge in [0.05, 0.1) is 17.5 Å². The van der Waals surface area contributed by atoms with Gasteiger partial charge in [0.2, 0.25) is 0 Å². The molecule has 19 heavy (non-hydrogen) atoms. The molecule has 2 N–H and O–H groups in total. The Hall–Kier alpha value is -2.69. The zero-order valence-electron chi connectivity index (χ0n) is 10.5. The molecule has 0 fully saturated rings. The third-order valence-electron chi connectivity index (χ3n) is 2.78. The van der Waals surface area contributed by atoms with Crippen LogP contribution in [0.4, 0.5) is 5.82 Å². The standard InChI is InChI=1S/C14H13N5/c1-19-9-11(8-16-19)14-17-12(7-13(15)18-14)10-5-3-2-4-6-10/h2-9H,1H3,(H2,15,17,18). The van der Waals surface area contributed by atoms with Crippen LogP contribution in [0.25, 0.3) is 22.6 Å². The summed E-state index contributed by atoms with van der Waals surface area (Å²) in [5.41, 5.74) is 8.54. The van der Waals surface area contributed by atoms with Crippen LogP contribution in [0, 0.1) is 0 Å². The van der Waals surface area contributed by atoms with Crippen molar-refractivity contribution in [1.29, 1.82) is 0 Å². The van der Waals surface area contributed by atoms with Gasteiger partial charge in [-0.05, 0) is 0 Å². The minimum Gasteiger partial charge on any atom is -0.384 e. The van der Waals surface area contributed by atoms with E-state index >= 15 is 0 Å². The van der Waals surface area contributed by atoms with E-state index in [1.807, 2.05) is 43.6 Å². The van der Waals surface area contributed by atoms with Crippen LogP contribution in [0.15, 0.2) is 48.8 Å². The van der Waals surface area contributed by atoms with Crippen LogP contribution < -0.4 is 5.73 Å². The van der Waals surface area contributed by atoms with Gasteiger partial charge in [-0.1, -0.05) is 30.3 Å². The maximum atomic E-state index is 5.86. The van der Waals surface area contributed by atoms with E-state index in [2.05, 4.69) is 15.1 Å². The molecule has 2 aromatic heterocycles. The van der Waals surface area contributed by atoms with Gasteiger partial charge in [-0.3, -0.25) is 4.68 Å². The minimum atomic E-state index is 0.452. The highest BCUT2D eigenvalue weighted by atomic mass is 15.2. The average molecular weight is 251 g/mol. The third kappa shape index (κ3) is 2.30. The maximum absolute atomic E-state index is 5.86. The van der Waals surface area contributed by atoms with E-state index in [1.165, 1.54) is 0 Å². The fourth-order valence-electron chi connectivity index (χ4n) is 1.89. The summed E-state index contributed by atoms with van der Waals surface area (Å²) >= 11 is 0. The van der Waals surface area contributed by atoms with Crippen molar-refractivity contribution in [3.05, 3.63) is 48.8 Å². The molecule has 3 aromatic rings. The lowest BCUT2D eigenvalue weighted by Gasteiger charge is -2.04. The van der Waals surface area contributed by atoms with Gasteiger partial charge in [-0.25, -0.2) is 9.97 Å². The highest BCUT2D eigenvalue weighted by Crippen LogP contribution is 2.22. The van der Waals surface area contributed by atoms with Crippen LogP contribution in [0.1, 0.15) is 0 Å². The van der Waals surface area contributed by atoms with Gasteiger partial charge in [0.15, 0.2) is 5.82 Å². The van der Waals surface area contributed by atoms with E-state index in [1.54, 1.807) is 16.9 Å². The molecule has 0 aliphatic heterocycles. The van der Waals surface area contributed by atoms with Gasteiger partial charge in [0.25, 0.3) is 0 Å². The smallest absolute Gasteiger partial charge is 0.165 e. The number of nitrogens with two attached hydrogens (primary N) is 1. The lowest BCUT2D eigenvalue weighted by atomic mass is 10.1. The Balaban J connectivity index is 2.11. The van der Waals surface area contributed by atoms with Crippen LogP contribution >= 0.6 is 0 Å². The molecule has 0 atom stereocenters. The number of nitrogen functional groups attached to an aromatic ring is 1. The summed E-state index contributed by atoms with van der Waals surface area (Å²) in [6, 6.07) is 11.7. The lowest BCUT2D eigenvalue weighted by molar-refractivity contribution is 0.768. The van der Waals surface area contributed by atoms with Crippen molar-refractivity contribution in [3.63, 3.8) is 0 Å². The SMILES string of the molecule is Cn1cc(-c2nc(N)cc(-c3ccccc3)n2)cn1. The molecule has 0 aliphatic carbocycles. The maximum Gasteiger partial charge on any atom is 0.165 e. The predicted molar refractivity (Wildman–Crippen MR) is 74.1 cm³/mol. The van der Waals surface area contributed by atoms with Gasteiger partial charge in [-0.15, -0.1) is 0 Å². The zero-order chi connectivity index (χ0) is 13.2. The van der Waals surface area contributed by atoms with Crippen molar-refractivity contribution in [2.24, 2.45) is 7.05 Å². The van der Waals surface area contributed by atoms with Crippen LogP contribution in [-0.2, 0) is 7.05 Å². The van der Waals surface area contributed by atoms with E-state index in [9.17, 15) is 0 Å². The van der Waals surface area contributed by atoms with E-state index in [0.29, 0.717) is 11.6 Å². The topological polar surface area (TPSA) is 69.6 Å². The second-order valence-corrected chi connectivity index (χ2v) is 4.27. The molecule has 5 heteroatoms. The molecule has 0 saturated carbocycles. The van der Waals surface area contributed by atoms with Crippen molar-refractivity contribution in [1.82, 2.24) is 19.7 Å². The number of hydrogen-bond donors (Lipinski definition) is 1. The highest BCUT2D eigenvalue weighted by molar-refractivity contribution is 5.66. The Morgan fingerprint density at radius 1 is 1.05 bits per heavy atom. The summed E-state index contributed by atoms with van der Waals surface area (Å²) in [4.78, 5) is 8.80. The van der Waals surface area contributed by atoms with Crippen LogP contribution in [0.3, 0.4) is 0 Å². The fraction of sp³-hybridized carbons (Fsp3) is 0.0714. The molecular formula is C14H13N5. The monoisotopic (exact) mass is 251 g/mol. The number of aryl methyl sites for hydroxylation is 1. The van der Waals surface area contributed by atoms with Gasteiger partial charge in [0.1, 0.15) is 5.82 Å². The molecule has 0 bridgehead atoms. The molecule has 0 unspecified atom stereocenters. The molecule has 0 radical (unpaired) electrons. The molecule has 2 heterocycles. The normalized spacial score (nSPS) is 10.6. The summed E-state index contributed by atoms with van der Waals surface area (Å²) in [6.07, 6.45) is 3.59. The Bertz CT molecular complexity index is 703. The summed E-state index contributed by atoms with van der Waals surface area (Å²) in [5.74, 6) is 1.04. The lowest BCUT2D eigenvalue weighted by Crippen LogP contribution is -1.97. The second kappa shape index (κ2) is 4.53. The van der Waals surface area contributed by atoms with E-state index in [4.69, 9.17) is 5.73 Å². The van der Waals surface area contributed by atoms with Crippen LogP contribution in [0.2, 0.25) is 0 Å². The van der Waals surface area contributed by atoms with Gasteiger partial charge in [-0.2, -0.15) is 5.10 Å². The molecule has 1 aromatic carbocycles. The Morgan fingerprint density at radius 3 is 2.53 bits per heavy atom. The minimum absolute atomic E-state index is 0.452. The summed E-state index contributed by atoms with van der Waals surface area (Å²) in [7, 11) is 1.86. The summed E-state index contributed by atoms with van der Waals surface area (Å²) in [5, 5.41) is 4.12. The van der Waals surface area contributed by atoms with Crippen molar-refractivity contribution < 1.29 is 0 Å². The van der Waals surface area contributed by atoms with Crippen LogP contribution in [-0.4, -0.2) is 19.7 Å². The number of anilines is 1. The molecule has 0 aliphatic rings. The molecule has 5 nitrogen and oxygen atoms in total. The highest BCUT2D eigenvalue weighted by Gasteiger charge is 2.08. The van der Waals surface area contributed by atoms with Crippen molar-refractivity contribution in [2.45, 2.75) is 0 Å². The number of nitrogens with zero attached hydrogens (tertiary/aromatic N) is 4. The van der Waals surface area contributed by atoms with Crippen molar-refractivity contribution >= 4 is 5.82 Å². The first kappa shape index (κ1) is 11.4. The average Bonchev–Trinajstić information content (AvgIpc) is 2.86. The van der Waals surface area contributed by atoms with Gasteiger partial charge >= 0.3 is 0 Å². The first-order chi connectivity index (χ1) is 9.22. The predicted octanol–water partition coefficient (Wildman–Crippen LogP) is 2.13. The number of benzene rings is 1. The Kier molecular flexibility index (Phi) is 2.72. The quantitative estimate of drug-likeness (QED) is 0.757. The van der Waals surface area contributed by atoms with E-state index < -0.39 is 0 Å². The Labute approximate surface area is 110 Å². The zero-order valence-corrected chi connectivity index (χ0v) is 10.5. The van der Waals surface area contributed by atoms with Crippen molar-refractivity contribution in [2.75, 3.05) is 5.73 Å². The molecule has 0 amide bonds. The molecule has 0 saturated heterocycles. The third-order valence-corrected chi connectivity index (χ3v) is 2.78. The van der Waals surface area contributed by atoms with Crippen molar-refractivity contribution in [3.8, 4) is 22.6 Å². The largest absolute Gasteiger partial charge is 0.384 e. The second-order valence-electron chi connectivity index (χ2n) is 4.27. The Morgan fingerprint density at radius 2 is 1.84 bits per heavy atom. The van der Waals surface area contributed by atoms with E-state index in [-0.39, 0.29) is 0 Å². The number of rotatable bonds is 2. The number of aromatic nitrogens is 4. The van der Waals surface area contributed by atoms with Crippen LogP contribution in [0.5, 0.6) is 0 Å². The summed E-state index contributed by atoms with van der Waals surface area (Å²) < 4.78 is 1.71. The molecular weight excluding hydrogens is 238 g/mol. The fourth-order valence-corrected chi connectivity index (χ4v) is 1.89. The first-order valence-electron chi connectivity index (χ1n) is 5.91.